The topological polar surface area (TPSA) is 57.6 Å². The predicted octanol–water partition coefficient (Wildman–Crippen LogP) is 4.84. The van der Waals surface area contributed by atoms with Crippen LogP contribution in [0.1, 0.15) is 69.9 Å². The lowest BCUT2D eigenvalue weighted by molar-refractivity contribution is -0.135. The van der Waals surface area contributed by atoms with Crippen LogP contribution in [0.25, 0.3) is 0 Å². The fraction of sp³-hybridized carbons (Fsp3) is 0.440. The van der Waals surface area contributed by atoms with Gasteiger partial charge in [-0.1, -0.05) is 31.5 Å². The molecule has 0 saturated carbocycles. The molecule has 1 aliphatic rings. The Morgan fingerprint density at radius 1 is 0.966 bits per heavy atom. The molecule has 0 unspecified atom stereocenters. The van der Waals surface area contributed by atoms with E-state index in [1.165, 1.54) is 5.56 Å². The number of hydrogen-bond acceptors (Lipinski definition) is 3. The number of carbonyl (C=O) groups excluding carboxylic acids is 2. The van der Waals surface area contributed by atoms with Crippen LogP contribution in [0.15, 0.2) is 24.3 Å². The van der Waals surface area contributed by atoms with Gasteiger partial charge in [-0.05, 0) is 74.9 Å². The molecular weight excluding hydrogens is 362 g/mol. The summed E-state index contributed by atoms with van der Waals surface area (Å²) in [6, 6.07) is 7.28. The monoisotopic (exact) mass is 393 g/mol. The zero-order valence-electron chi connectivity index (χ0n) is 18.3. The van der Waals surface area contributed by atoms with Gasteiger partial charge in [-0.2, -0.15) is 0 Å². The van der Waals surface area contributed by atoms with Crippen LogP contribution in [-0.4, -0.2) is 23.3 Å². The van der Waals surface area contributed by atoms with E-state index in [0.717, 1.165) is 35.1 Å². The Bertz CT molecular complexity index is 963. The van der Waals surface area contributed by atoms with Gasteiger partial charge in [-0.25, -0.2) is 0 Å². The van der Waals surface area contributed by atoms with E-state index in [-0.39, 0.29) is 12.2 Å². The zero-order valence-corrected chi connectivity index (χ0v) is 18.3. The summed E-state index contributed by atoms with van der Waals surface area (Å²) in [5.41, 5.74) is 5.29. The average Bonchev–Trinajstić information content (AvgIpc) is 2.90. The molecule has 1 aliphatic heterocycles. The maximum atomic E-state index is 13.4. The minimum Gasteiger partial charge on any atom is -0.375 e. The molecule has 1 N–H and O–H groups in total. The summed E-state index contributed by atoms with van der Waals surface area (Å²) in [4.78, 5) is 28.3. The molecule has 1 atom stereocenters. The minimum absolute atomic E-state index is 0.186. The molecule has 1 amide bonds. The molecule has 2 aromatic carbocycles. The fourth-order valence-electron chi connectivity index (χ4n) is 4.45. The van der Waals surface area contributed by atoms with E-state index >= 15 is 0 Å². The van der Waals surface area contributed by atoms with E-state index in [9.17, 15) is 14.7 Å². The number of benzene rings is 2. The fourth-order valence-corrected chi connectivity index (χ4v) is 4.45. The Kier molecular flexibility index (Phi) is 5.68. The lowest BCUT2D eigenvalue weighted by atomic mass is 9.82. The van der Waals surface area contributed by atoms with Gasteiger partial charge < -0.3 is 10.0 Å². The average molecular weight is 394 g/mol. The number of ketones is 1. The number of rotatable bonds is 6. The number of para-hydroxylation sites is 1. The van der Waals surface area contributed by atoms with E-state index in [0.29, 0.717) is 23.4 Å². The Morgan fingerprint density at radius 2 is 1.52 bits per heavy atom. The van der Waals surface area contributed by atoms with E-state index in [1.54, 1.807) is 11.0 Å². The lowest BCUT2D eigenvalue weighted by Crippen LogP contribution is -2.42. The van der Waals surface area contributed by atoms with Crippen LogP contribution in [0.5, 0.6) is 0 Å². The highest BCUT2D eigenvalue weighted by atomic mass is 16.3. The molecule has 0 radical (unpaired) electrons. The van der Waals surface area contributed by atoms with Gasteiger partial charge >= 0.3 is 0 Å². The van der Waals surface area contributed by atoms with Crippen molar-refractivity contribution in [3.8, 4) is 0 Å². The van der Waals surface area contributed by atoms with Crippen LogP contribution in [0.4, 0.5) is 5.69 Å². The molecule has 0 fully saturated rings. The van der Waals surface area contributed by atoms with E-state index < -0.39 is 11.5 Å². The maximum Gasteiger partial charge on any atom is 0.264 e. The number of carbonyl (C=O) groups is 2. The number of unbranched alkanes of at least 4 members (excludes halogenated alkanes) is 1. The smallest absolute Gasteiger partial charge is 0.264 e. The summed E-state index contributed by atoms with van der Waals surface area (Å²) in [6.07, 6.45) is 1.55. The van der Waals surface area contributed by atoms with Gasteiger partial charge in [-0.3, -0.25) is 9.59 Å². The number of amides is 1. The van der Waals surface area contributed by atoms with E-state index in [2.05, 4.69) is 13.8 Å². The zero-order chi connectivity index (χ0) is 21.5. The summed E-state index contributed by atoms with van der Waals surface area (Å²) in [6.45, 7) is 12.6. The van der Waals surface area contributed by atoms with Crippen LogP contribution in [0.3, 0.4) is 0 Å². The van der Waals surface area contributed by atoms with Crippen LogP contribution in [-0.2, 0) is 10.4 Å². The first-order valence-corrected chi connectivity index (χ1v) is 10.4. The third-order valence-electron chi connectivity index (χ3n) is 6.67. The van der Waals surface area contributed by atoms with Crippen molar-refractivity contribution in [2.75, 3.05) is 11.4 Å². The van der Waals surface area contributed by atoms with Crippen molar-refractivity contribution < 1.29 is 14.7 Å². The first-order chi connectivity index (χ1) is 13.6. The standard InChI is InChI=1S/C25H31NO3/c1-7-8-13-26-21-12-10-9-11-20(21)25(29,24(26)28)14-22(27)23-18(5)16(3)15(2)17(4)19(23)6/h9-12,29H,7-8,13-14H2,1-6H3/t25-/m1/s1. The van der Waals surface area contributed by atoms with Gasteiger partial charge in [0.15, 0.2) is 11.4 Å². The Hall–Kier alpha value is -2.46. The molecule has 2 aromatic rings. The molecule has 4 nitrogen and oxygen atoms in total. The summed E-state index contributed by atoms with van der Waals surface area (Å²) in [5, 5.41) is 11.5. The second-order valence-electron chi connectivity index (χ2n) is 8.29. The van der Waals surface area contributed by atoms with E-state index in [1.807, 2.05) is 45.9 Å². The van der Waals surface area contributed by atoms with Gasteiger partial charge in [0.05, 0.1) is 12.1 Å². The molecule has 0 aliphatic carbocycles. The van der Waals surface area contributed by atoms with Crippen molar-refractivity contribution in [3.63, 3.8) is 0 Å². The summed E-state index contributed by atoms with van der Waals surface area (Å²) in [5.74, 6) is -0.578. The normalized spacial score (nSPS) is 18.3. The molecule has 0 bridgehead atoms. The van der Waals surface area contributed by atoms with Crippen LogP contribution >= 0.6 is 0 Å². The molecule has 154 valence electrons. The number of aliphatic hydroxyl groups is 1. The van der Waals surface area contributed by atoms with Gasteiger partial charge in [0, 0.05) is 17.7 Å². The first kappa shape index (κ1) is 21.3. The third-order valence-corrected chi connectivity index (χ3v) is 6.67. The van der Waals surface area contributed by atoms with Gasteiger partial charge in [0.1, 0.15) is 0 Å². The summed E-state index contributed by atoms with van der Waals surface area (Å²) in [7, 11) is 0. The number of fused-ring (bicyclic) bond motifs is 1. The molecule has 0 saturated heterocycles. The lowest BCUT2D eigenvalue weighted by Gasteiger charge is -2.24. The highest BCUT2D eigenvalue weighted by Gasteiger charge is 2.50. The predicted molar refractivity (Wildman–Crippen MR) is 117 cm³/mol. The number of anilines is 1. The molecule has 0 aromatic heterocycles. The van der Waals surface area contributed by atoms with Crippen LogP contribution in [0, 0.1) is 34.6 Å². The summed E-state index contributed by atoms with van der Waals surface area (Å²) >= 11 is 0. The molecule has 1 heterocycles. The highest BCUT2D eigenvalue weighted by Crippen LogP contribution is 2.43. The molecule has 0 spiro atoms. The van der Waals surface area contributed by atoms with E-state index in [4.69, 9.17) is 0 Å². The van der Waals surface area contributed by atoms with Crippen LogP contribution in [0.2, 0.25) is 0 Å². The van der Waals surface area contributed by atoms with Crippen molar-refractivity contribution in [3.05, 3.63) is 63.2 Å². The Balaban J connectivity index is 2.04. The first-order valence-electron chi connectivity index (χ1n) is 10.4. The number of nitrogens with zero attached hydrogens (tertiary/aromatic N) is 1. The highest BCUT2D eigenvalue weighted by molar-refractivity contribution is 6.11. The van der Waals surface area contributed by atoms with Gasteiger partial charge in [-0.15, -0.1) is 0 Å². The summed E-state index contributed by atoms with van der Waals surface area (Å²) < 4.78 is 0. The third kappa shape index (κ3) is 3.29. The Labute approximate surface area is 173 Å². The maximum absolute atomic E-state index is 13.4. The quantitative estimate of drug-likeness (QED) is 0.715. The number of hydrogen-bond donors (Lipinski definition) is 1. The molecular formula is C25H31NO3. The minimum atomic E-state index is -1.81. The van der Waals surface area contributed by atoms with Crippen molar-refractivity contribution in [2.24, 2.45) is 0 Å². The largest absolute Gasteiger partial charge is 0.375 e. The SMILES string of the molecule is CCCCN1C(=O)[C@@](O)(CC(=O)c2c(C)c(C)c(C)c(C)c2C)c2ccccc21. The second kappa shape index (κ2) is 7.75. The van der Waals surface area contributed by atoms with Gasteiger partial charge in [0.25, 0.3) is 5.91 Å². The molecule has 4 heteroatoms. The Morgan fingerprint density at radius 3 is 2.10 bits per heavy atom. The van der Waals surface area contributed by atoms with Crippen molar-refractivity contribution in [1.82, 2.24) is 0 Å². The van der Waals surface area contributed by atoms with Crippen molar-refractivity contribution in [2.45, 2.75) is 66.4 Å². The molecule has 3 rings (SSSR count). The van der Waals surface area contributed by atoms with Gasteiger partial charge in [0.2, 0.25) is 0 Å². The second-order valence-corrected chi connectivity index (χ2v) is 8.29. The van der Waals surface area contributed by atoms with Crippen molar-refractivity contribution in [1.29, 1.82) is 0 Å². The number of Topliss-reactive ketones (excluding diaryl/α,β-unsaturated/α-hetero) is 1. The van der Waals surface area contributed by atoms with Crippen LogP contribution < -0.4 is 4.90 Å². The van der Waals surface area contributed by atoms with Crippen molar-refractivity contribution >= 4 is 17.4 Å². The molecule has 29 heavy (non-hydrogen) atoms.